The van der Waals surface area contributed by atoms with Crippen LogP contribution < -0.4 is 43.1 Å². The molecular formula is C14H19Br2N2O3P. The van der Waals surface area contributed by atoms with Crippen molar-refractivity contribution in [3.05, 3.63) is 49.1 Å². The van der Waals surface area contributed by atoms with Gasteiger partial charge in [-0.25, -0.2) is 4.57 Å². The van der Waals surface area contributed by atoms with Gasteiger partial charge in [-0.3, -0.25) is 4.57 Å². The molecule has 0 radical (unpaired) electrons. The lowest BCUT2D eigenvalue weighted by molar-refractivity contribution is -0.701. The number of nitrogens with zero attached hydrogens (tertiary/aromatic N) is 2. The van der Waals surface area contributed by atoms with E-state index in [2.05, 4.69) is 11.5 Å². The second kappa shape index (κ2) is 8.89. The smallest absolute Gasteiger partial charge is 0.392 e. The number of aryl methyl sites for hydroxylation is 1. The van der Waals surface area contributed by atoms with Crippen LogP contribution >= 0.6 is 7.60 Å². The van der Waals surface area contributed by atoms with Crippen LogP contribution in [0.3, 0.4) is 0 Å². The average Bonchev–Trinajstić information content (AvgIpc) is 2.46. The molecule has 0 saturated carbocycles. The maximum Gasteiger partial charge on any atom is 0.392 e. The van der Waals surface area contributed by atoms with Gasteiger partial charge in [-0.05, 0) is 18.1 Å². The van der Waals surface area contributed by atoms with Gasteiger partial charge in [-0.15, -0.1) is 0 Å². The highest BCUT2D eigenvalue weighted by Crippen LogP contribution is 2.45. The molecule has 0 aliphatic heterocycles. The number of pyridine rings is 2. The quantitative estimate of drug-likeness (QED) is 0.363. The van der Waals surface area contributed by atoms with Crippen molar-refractivity contribution >= 4 is 7.60 Å². The van der Waals surface area contributed by atoms with Crippen molar-refractivity contribution in [1.82, 2.24) is 0 Å². The van der Waals surface area contributed by atoms with Gasteiger partial charge < -0.3 is 43.7 Å². The summed E-state index contributed by atoms with van der Waals surface area (Å²) in [7, 11) is -4.12. The van der Waals surface area contributed by atoms with Gasteiger partial charge in [0.25, 0.3) is 5.78 Å². The molecule has 8 heteroatoms. The number of rotatable bonds is 4. The molecule has 0 aromatic carbocycles. The largest absolute Gasteiger partial charge is 1.00 e. The van der Waals surface area contributed by atoms with Crippen molar-refractivity contribution < 1.29 is 57.4 Å². The predicted molar refractivity (Wildman–Crippen MR) is 74.7 cm³/mol. The lowest BCUT2D eigenvalue weighted by Crippen LogP contribution is -3.00. The maximum absolute atomic E-state index is 11.2. The van der Waals surface area contributed by atoms with Crippen molar-refractivity contribution in [2.45, 2.75) is 26.2 Å². The first kappa shape index (κ1) is 21.4. The minimum Gasteiger partial charge on any atom is -1.00 e. The molecule has 0 bridgehead atoms. The van der Waals surface area contributed by atoms with Gasteiger partial charge in [-0.1, -0.05) is 0 Å². The third-order valence-corrected chi connectivity index (χ3v) is 4.60. The number of hydrogen-bond donors (Lipinski definition) is 2. The Labute approximate surface area is 151 Å². The van der Waals surface area contributed by atoms with E-state index in [0.29, 0.717) is 0 Å². The first-order valence-electron chi connectivity index (χ1n) is 6.47. The molecule has 0 aliphatic rings. The van der Waals surface area contributed by atoms with Crippen LogP contribution in [0.4, 0.5) is 0 Å². The summed E-state index contributed by atoms with van der Waals surface area (Å²) in [5, 5.41) is 0. The van der Waals surface area contributed by atoms with Crippen molar-refractivity contribution in [2.75, 3.05) is 0 Å². The zero-order valence-corrected chi connectivity index (χ0v) is 16.4. The van der Waals surface area contributed by atoms with Crippen LogP contribution in [0.1, 0.15) is 19.6 Å². The number of aromatic nitrogens is 2. The van der Waals surface area contributed by atoms with Gasteiger partial charge in [0.05, 0.1) is 0 Å². The van der Waals surface area contributed by atoms with Crippen molar-refractivity contribution in [1.29, 1.82) is 0 Å². The zero-order valence-electron chi connectivity index (χ0n) is 12.3. The van der Waals surface area contributed by atoms with Crippen molar-refractivity contribution in [3.8, 4) is 11.1 Å². The van der Waals surface area contributed by atoms with E-state index in [0.717, 1.165) is 17.7 Å². The van der Waals surface area contributed by atoms with Crippen LogP contribution in [0.25, 0.3) is 11.1 Å². The Morgan fingerprint density at radius 3 is 1.77 bits per heavy atom. The van der Waals surface area contributed by atoms with Gasteiger partial charge >= 0.3 is 7.60 Å². The number of halogens is 2. The highest BCUT2D eigenvalue weighted by molar-refractivity contribution is 7.51. The monoisotopic (exact) mass is 452 g/mol. The third-order valence-electron chi connectivity index (χ3n) is 3.36. The molecule has 0 amide bonds. The second-order valence-corrected chi connectivity index (χ2v) is 6.60. The summed E-state index contributed by atoms with van der Waals surface area (Å²) in [5.41, 5.74) is 2.09. The normalized spacial score (nSPS) is 12.0. The highest BCUT2D eigenvalue weighted by atomic mass is 79.9. The minimum absolute atomic E-state index is 0. The van der Waals surface area contributed by atoms with Crippen LogP contribution in [0.15, 0.2) is 49.1 Å². The summed E-state index contributed by atoms with van der Waals surface area (Å²) in [6, 6.07) is 7.76. The summed E-state index contributed by atoms with van der Waals surface area (Å²) in [5.74, 6) is -0.852. The van der Waals surface area contributed by atoms with Gasteiger partial charge in [0.2, 0.25) is 0 Å². The first-order valence-corrected chi connectivity index (χ1v) is 8.15. The van der Waals surface area contributed by atoms with E-state index in [1.165, 1.54) is 11.5 Å². The van der Waals surface area contributed by atoms with Crippen LogP contribution in [0.5, 0.6) is 0 Å². The van der Waals surface area contributed by atoms with Gasteiger partial charge in [0, 0.05) is 31.2 Å². The van der Waals surface area contributed by atoms with Gasteiger partial charge in [-0.2, -0.15) is 4.57 Å². The molecule has 2 heterocycles. The van der Waals surface area contributed by atoms with E-state index >= 15 is 0 Å². The summed E-state index contributed by atoms with van der Waals surface area (Å²) in [6.45, 7) is 4.51. The second-order valence-electron chi connectivity index (χ2n) is 4.67. The van der Waals surface area contributed by atoms with E-state index < -0.39 is 13.4 Å². The van der Waals surface area contributed by atoms with Gasteiger partial charge in [0.15, 0.2) is 24.8 Å². The molecule has 2 aromatic heterocycles. The Bertz CT molecular complexity index is 630. The Morgan fingerprint density at radius 1 is 1.00 bits per heavy atom. The van der Waals surface area contributed by atoms with E-state index in [1.54, 1.807) is 12.4 Å². The highest BCUT2D eigenvalue weighted by Gasteiger charge is 2.32. The minimum atomic E-state index is -4.12. The van der Waals surface area contributed by atoms with Crippen LogP contribution in [0.2, 0.25) is 0 Å². The average molecular weight is 454 g/mol. The summed E-state index contributed by atoms with van der Waals surface area (Å²) >= 11 is 0. The molecule has 0 fully saturated rings. The molecule has 2 aromatic rings. The fourth-order valence-electron chi connectivity index (χ4n) is 1.91. The predicted octanol–water partition coefficient (Wildman–Crippen LogP) is -4.35. The molecule has 5 nitrogen and oxygen atoms in total. The Morgan fingerprint density at radius 2 is 1.41 bits per heavy atom. The molecule has 22 heavy (non-hydrogen) atoms. The van der Waals surface area contributed by atoms with Gasteiger partial charge in [0.1, 0.15) is 6.54 Å². The third kappa shape index (κ3) is 5.25. The molecule has 2 rings (SSSR count). The van der Waals surface area contributed by atoms with E-state index in [-0.39, 0.29) is 34.0 Å². The van der Waals surface area contributed by atoms with Crippen LogP contribution in [-0.4, -0.2) is 9.79 Å². The van der Waals surface area contributed by atoms with E-state index in [9.17, 15) is 14.4 Å². The van der Waals surface area contributed by atoms with Crippen molar-refractivity contribution in [3.63, 3.8) is 0 Å². The Balaban J connectivity index is 0.00000220. The van der Waals surface area contributed by atoms with E-state index in [4.69, 9.17) is 0 Å². The summed E-state index contributed by atoms with van der Waals surface area (Å²) in [6.07, 6.45) is 7.41. The Kier molecular flexibility index (Phi) is 8.65. The van der Waals surface area contributed by atoms with E-state index in [1.807, 2.05) is 36.7 Å². The summed E-state index contributed by atoms with van der Waals surface area (Å²) < 4.78 is 14.8. The van der Waals surface area contributed by atoms with Crippen LogP contribution in [0, 0.1) is 0 Å². The topological polar surface area (TPSA) is 65.3 Å². The molecule has 0 saturated heterocycles. The lowest BCUT2D eigenvalue weighted by Gasteiger charge is -2.09. The first-order chi connectivity index (χ1) is 9.41. The molecule has 2 N–H and O–H groups in total. The molecule has 0 spiro atoms. The van der Waals surface area contributed by atoms with Crippen molar-refractivity contribution in [2.24, 2.45) is 0 Å². The fraction of sp³-hybridized carbons (Fsp3) is 0.286. The SMILES string of the molecule is CC[n+]1ccc(-c2cc[n+](C(C)P(=O)(O)O)cc2)cc1.[Br-].[Br-]. The molecule has 122 valence electrons. The molecule has 1 unspecified atom stereocenters. The Hall–Kier alpha value is -0.590. The van der Waals surface area contributed by atoms with Crippen LogP contribution in [-0.2, 0) is 11.1 Å². The standard InChI is InChI=1S/C14H17N2O3P.2BrH/c1-3-15-8-4-13(5-9-15)14-6-10-16(11-7-14)12(2)20(17,18)19;;/h4-12H,3H2,1-2H3;2*1H. The maximum atomic E-state index is 11.2. The molecule has 0 aliphatic carbocycles. The zero-order chi connectivity index (χ0) is 14.8. The molecular weight excluding hydrogens is 435 g/mol. The number of hydrogen-bond acceptors (Lipinski definition) is 1. The summed E-state index contributed by atoms with van der Waals surface area (Å²) in [4.78, 5) is 18.3. The fourth-order valence-corrected chi connectivity index (χ4v) is 2.42. The molecule has 1 atom stereocenters. The lowest BCUT2D eigenvalue weighted by atomic mass is 10.1.